The van der Waals surface area contributed by atoms with Crippen LogP contribution in [0.15, 0.2) is 4.99 Å². The zero-order valence-corrected chi connectivity index (χ0v) is 17.5. The maximum absolute atomic E-state index is 5.62. The lowest BCUT2D eigenvalue weighted by molar-refractivity contribution is 0.105. The SMILES string of the molecule is CCOCCC1(CNC(=NC)NCCCN2CCCC(C)C2)CCCC1. The molecule has 1 atom stereocenters. The number of nitrogens with one attached hydrogen (secondary N) is 2. The predicted molar refractivity (Wildman–Crippen MR) is 111 cm³/mol. The fraction of sp³-hybridized carbons (Fsp3) is 0.952. The average molecular weight is 367 g/mol. The Bertz CT molecular complexity index is 407. The Morgan fingerprint density at radius 1 is 1.23 bits per heavy atom. The van der Waals surface area contributed by atoms with Gasteiger partial charge in [0.1, 0.15) is 0 Å². The largest absolute Gasteiger partial charge is 0.382 e. The Morgan fingerprint density at radius 2 is 2.04 bits per heavy atom. The predicted octanol–water partition coefficient (Wildman–Crippen LogP) is 3.26. The van der Waals surface area contributed by atoms with Crippen molar-refractivity contribution >= 4 is 5.96 Å². The van der Waals surface area contributed by atoms with E-state index in [4.69, 9.17) is 4.74 Å². The van der Waals surface area contributed by atoms with Gasteiger partial charge < -0.3 is 20.3 Å². The molecule has 0 aromatic carbocycles. The van der Waals surface area contributed by atoms with Crippen molar-refractivity contribution in [2.75, 3.05) is 53.0 Å². The molecule has 1 aliphatic carbocycles. The van der Waals surface area contributed by atoms with Crippen molar-refractivity contribution in [1.82, 2.24) is 15.5 Å². The van der Waals surface area contributed by atoms with Crippen LogP contribution in [-0.2, 0) is 4.74 Å². The number of rotatable bonds is 10. The van der Waals surface area contributed by atoms with Crippen molar-refractivity contribution in [3.8, 4) is 0 Å². The highest BCUT2D eigenvalue weighted by Gasteiger charge is 2.33. The van der Waals surface area contributed by atoms with Crippen molar-refractivity contribution in [3.05, 3.63) is 0 Å². The van der Waals surface area contributed by atoms with Gasteiger partial charge in [0.25, 0.3) is 0 Å². The number of hydrogen-bond donors (Lipinski definition) is 2. The third-order valence-electron chi connectivity index (χ3n) is 6.18. The molecule has 0 bridgehead atoms. The van der Waals surface area contributed by atoms with Crippen molar-refractivity contribution in [3.63, 3.8) is 0 Å². The summed E-state index contributed by atoms with van der Waals surface area (Å²) in [5, 5.41) is 7.10. The molecule has 5 heteroatoms. The van der Waals surface area contributed by atoms with Crippen molar-refractivity contribution < 1.29 is 4.74 Å². The van der Waals surface area contributed by atoms with Gasteiger partial charge in [0.2, 0.25) is 0 Å². The summed E-state index contributed by atoms with van der Waals surface area (Å²) >= 11 is 0. The van der Waals surface area contributed by atoms with E-state index in [0.717, 1.165) is 44.6 Å². The Balaban J connectivity index is 1.64. The molecular weight excluding hydrogens is 324 g/mol. The summed E-state index contributed by atoms with van der Waals surface area (Å²) in [5.41, 5.74) is 0.400. The molecule has 1 saturated heterocycles. The van der Waals surface area contributed by atoms with Gasteiger partial charge in [0.05, 0.1) is 0 Å². The summed E-state index contributed by atoms with van der Waals surface area (Å²) in [6.07, 6.45) is 10.5. The number of nitrogens with zero attached hydrogens (tertiary/aromatic N) is 2. The molecule has 0 aromatic heterocycles. The van der Waals surface area contributed by atoms with Gasteiger partial charge in [-0.3, -0.25) is 4.99 Å². The number of ether oxygens (including phenoxy) is 1. The quantitative estimate of drug-likeness (QED) is 0.354. The van der Waals surface area contributed by atoms with Gasteiger partial charge >= 0.3 is 0 Å². The molecule has 2 N–H and O–H groups in total. The summed E-state index contributed by atoms with van der Waals surface area (Å²) in [5.74, 6) is 1.82. The van der Waals surface area contributed by atoms with Crippen molar-refractivity contribution in [2.24, 2.45) is 16.3 Å². The van der Waals surface area contributed by atoms with Gasteiger partial charge in [-0.2, -0.15) is 0 Å². The molecule has 1 aliphatic heterocycles. The molecule has 2 rings (SSSR count). The molecule has 0 spiro atoms. The van der Waals surface area contributed by atoms with Crippen LogP contribution in [-0.4, -0.2) is 63.8 Å². The smallest absolute Gasteiger partial charge is 0.190 e. The van der Waals surface area contributed by atoms with Crippen LogP contribution in [0.25, 0.3) is 0 Å². The van der Waals surface area contributed by atoms with Gasteiger partial charge in [0, 0.05) is 39.9 Å². The average Bonchev–Trinajstić information content (AvgIpc) is 3.10. The van der Waals surface area contributed by atoms with Crippen LogP contribution < -0.4 is 10.6 Å². The van der Waals surface area contributed by atoms with Crippen molar-refractivity contribution in [2.45, 2.75) is 65.2 Å². The molecule has 0 amide bonds. The second-order valence-corrected chi connectivity index (χ2v) is 8.41. The van der Waals surface area contributed by atoms with Crippen LogP contribution in [0, 0.1) is 11.3 Å². The summed E-state index contributed by atoms with van der Waals surface area (Å²) in [6, 6.07) is 0. The van der Waals surface area contributed by atoms with E-state index >= 15 is 0 Å². The van der Waals surface area contributed by atoms with Crippen molar-refractivity contribution in [1.29, 1.82) is 0 Å². The van der Waals surface area contributed by atoms with E-state index in [1.807, 2.05) is 7.05 Å². The van der Waals surface area contributed by atoms with Crippen LogP contribution >= 0.6 is 0 Å². The van der Waals surface area contributed by atoms with Gasteiger partial charge in [-0.05, 0) is 69.9 Å². The van der Waals surface area contributed by atoms with E-state index in [0.29, 0.717) is 5.41 Å². The lowest BCUT2D eigenvalue weighted by Gasteiger charge is -2.31. The summed E-state index contributed by atoms with van der Waals surface area (Å²) in [7, 11) is 1.88. The zero-order chi connectivity index (χ0) is 18.7. The lowest BCUT2D eigenvalue weighted by atomic mass is 9.83. The first kappa shape index (κ1) is 21.5. The molecule has 1 unspecified atom stereocenters. The highest BCUT2D eigenvalue weighted by molar-refractivity contribution is 5.79. The third kappa shape index (κ3) is 7.43. The second kappa shape index (κ2) is 11.8. The third-order valence-corrected chi connectivity index (χ3v) is 6.18. The molecule has 26 heavy (non-hydrogen) atoms. The molecule has 1 heterocycles. The molecular formula is C21H42N4O. The molecule has 152 valence electrons. The van der Waals surface area contributed by atoms with E-state index in [2.05, 4.69) is 34.4 Å². The molecule has 2 fully saturated rings. The number of hydrogen-bond acceptors (Lipinski definition) is 3. The summed E-state index contributed by atoms with van der Waals surface area (Å²) in [6.45, 7) is 11.9. The maximum Gasteiger partial charge on any atom is 0.190 e. The first-order valence-corrected chi connectivity index (χ1v) is 10.9. The zero-order valence-electron chi connectivity index (χ0n) is 17.5. The minimum absolute atomic E-state index is 0.400. The van der Waals surface area contributed by atoms with Crippen LogP contribution in [0.2, 0.25) is 0 Å². The minimum atomic E-state index is 0.400. The first-order valence-electron chi connectivity index (χ1n) is 10.9. The highest BCUT2D eigenvalue weighted by atomic mass is 16.5. The second-order valence-electron chi connectivity index (χ2n) is 8.41. The van der Waals surface area contributed by atoms with E-state index in [9.17, 15) is 0 Å². The van der Waals surface area contributed by atoms with Gasteiger partial charge in [-0.15, -0.1) is 0 Å². The lowest BCUT2D eigenvalue weighted by Crippen LogP contribution is -2.44. The van der Waals surface area contributed by atoms with Gasteiger partial charge in [-0.1, -0.05) is 19.8 Å². The Hall–Kier alpha value is -0.810. The maximum atomic E-state index is 5.62. The number of likely N-dealkylation sites (tertiary alicyclic amines) is 1. The highest BCUT2D eigenvalue weighted by Crippen LogP contribution is 2.40. The van der Waals surface area contributed by atoms with E-state index in [1.54, 1.807) is 0 Å². The van der Waals surface area contributed by atoms with Crippen LogP contribution in [0.5, 0.6) is 0 Å². The molecule has 0 radical (unpaired) electrons. The molecule has 0 aromatic rings. The van der Waals surface area contributed by atoms with Crippen LogP contribution in [0.1, 0.15) is 65.2 Å². The van der Waals surface area contributed by atoms with E-state index in [1.165, 1.54) is 64.6 Å². The topological polar surface area (TPSA) is 48.9 Å². The van der Waals surface area contributed by atoms with E-state index < -0.39 is 0 Å². The van der Waals surface area contributed by atoms with E-state index in [-0.39, 0.29) is 0 Å². The molecule has 5 nitrogen and oxygen atoms in total. The normalized spacial score (nSPS) is 24.0. The monoisotopic (exact) mass is 366 g/mol. The van der Waals surface area contributed by atoms with Crippen LogP contribution in [0.4, 0.5) is 0 Å². The Morgan fingerprint density at radius 3 is 2.73 bits per heavy atom. The number of aliphatic imine (C=N–C) groups is 1. The Kier molecular flexibility index (Phi) is 9.76. The van der Waals surface area contributed by atoms with Gasteiger partial charge in [-0.25, -0.2) is 0 Å². The first-order chi connectivity index (χ1) is 12.7. The number of guanidine groups is 1. The fourth-order valence-corrected chi connectivity index (χ4v) is 4.56. The minimum Gasteiger partial charge on any atom is -0.382 e. The summed E-state index contributed by atoms with van der Waals surface area (Å²) in [4.78, 5) is 7.04. The number of piperidine rings is 1. The molecule has 1 saturated carbocycles. The fourth-order valence-electron chi connectivity index (χ4n) is 4.56. The Labute approximate surface area is 161 Å². The molecule has 2 aliphatic rings. The van der Waals surface area contributed by atoms with Gasteiger partial charge in [0.15, 0.2) is 5.96 Å². The van der Waals surface area contributed by atoms with Crippen LogP contribution in [0.3, 0.4) is 0 Å². The summed E-state index contributed by atoms with van der Waals surface area (Å²) < 4.78 is 5.62. The standard InChI is InChI=1S/C21H42N4O/c1-4-26-16-12-21(10-5-6-11-21)18-24-20(22-3)23-13-8-15-25-14-7-9-19(2)17-25/h19H,4-18H2,1-3H3,(H2,22,23,24).